The lowest BCUT2D eigenvalue weighted by Crippen LogP contribution is -2.28. The van der Waals surface area contributed by atoms with E-state index < -0.39 is 0 Å². The van der Waals surface area contributed by atoms with Crippen molar-refractivity contribution in [2.24, 2.45) is 0 Å². The maximum absolute atomic E-state index is 12.7. The maximum atomic E-state index is 12.7. The van der Waals surface area contributed by atoms with Gasteiger partial charge >= 0.3 is 0 Å². The molecule has 0 bridgehead atoms. The Hall–Kier alpha value is -4.57. The molecule has 0 unspecified atom stereocenters. The molecule has 2 aromatic carbocycles. The van der Waals surface area contributed by atoms with Crippen LogP contribution in [0.4, 0.5) is 11.4 Å². The average molecular weight is 779 g/mol. The number of hydrogen-bond acceptors (Lipinski definition) is 6. The van der Waals surface area contributed by atoms with Crippen LogP contribution >= 0.6 is 0 Å². The molecule has 308 valence electrons. The minimum absolute atomic E-state index is 0.0174. The predicted octanol–water partition coefficient (Wildman–Crippen LogP) is 8.16. The SMILES string of the molecule is CCCCN1/C(=C/C=C/C2=[N+](CCCCCC(=O)NCCCn3cc(CCC(=O)NCCOCC)nn3)c3ccc(C)cc3C2(C)C)C(C)(C)c2cc(C)ccc21. The molecule has 0 aliphatic carbocycles. The van der Waals surface area contributed by atoms with Gasteiger partial charge in [-0.1, -0.05) is 67.8 Å². The van der Waals surface area contributed by atoms with Crippen molar-refractivity contribution in [1.29, 1.82) is 0 Å². The fourth-order valence-electron chi connectivity index (χ4n) is 8.20. The van der Waals surface area contributed by atoms with Gasteiger partial charge in [0.25, 0.3) is 0 Å². The fourth-order valence-corrected chi connectivity index (χ4v) is 8.20. The molecule has 0 fully saturated rings. The zero-order chi connectivity index (χ0) is 41.0. The van der Waals surface area contributed by atoms with Crippen molar-refractivity contribution in [2.45, 2.75) is 131 Å². The molecule has 5 rings (SSSR count). The van der Waals surface area contributed by atoms with E-state index in [-0.39, 0.29) is 22.6 Å². The summed E-state index contributed by atoms with van der Waals surface area (Å²) in [7, 11) is 0. The molecule has 10 nitrogen and oxygen atoms in total. The summed E-state index contributed by atoms with van der Waals surface area (Å²) in [5.41, 5.74) is 11.3. The summed E-state index contributed by atoms with van der Waals surface area (Å²) in [6, 6.07) is 13.8. The van der Waals surface area contributed by atoms with Gasteiger partial charge in [0.1, 0.15) is 6.54 Å². The quantitative estimate of drug-likeness (QED) is 0.0789. The minimum Gasteiger partial charge on any atom is -0.380 e. The molecule has 2 N–H and O–H groups in total. The second kappa shape index (κ2) is 20.2. The van der Waals surface area contributed by atoms with Crippen molar-refractivity contribution in [3.05, 3.63) is 94.5 Å². The van der Waals surface area contributed by atoms with E-state index in [2.05, 4.69) is 134 Å². The van der Waals surface area contributed by atoms with E-state index in [4.69, 9.17) is 4.74 Å². The first-order valence-electron chi connectivity index (χ1n) is 21.4. The van der Waals surface area contributed by atoms with Gasteiger partial charge in [0.2, 0.25) is 17.5 Å². The van der Waals surface area contributed by atoms with Gasteiger partial charge in [-0.05, 0) is 84.1 Å². The monoisotopic (exact) mass is 779 g/mol. The number of anilines is 1. The first kappa shape index (κ1) is 43.6. The molecule has 0 spiro atoms. The molecule has 10 heteroatoms. The molecule has 1 aromatic heterocycles. The number of rotatable bonds is 22. The van der Waals surface area contributed by atoms with Crippen molar-refractivity contribution < 1.29 is 18.9 Å². The van der Waals surface area contributed by atoms with E-state index >= 15 is 0 Å². The van der Waals surface area contributed by atoms with Crippen LogP contribution in [-0.2, 0) is 38.1 Å². The van der Waals surface area contributed by atoms with E-state index in [1.807, 2.05) is 13.1 Å². The van der Waals surface area contributed by atoms with Gasteiger partial charge in [-0.25, -0.2) is 0 Å². The third-order valence-electron chi connectivity index (χ3n) is 11.5. The third-order valence-corrected chi connectivity index (χ3v) is 11.5. The summed E-state index contributed by atoms with van der Waals surface area (Å²) >= 11 is 0. The Labute approximate surface area is 341 Å². The number of carbonyl (C=O) groups excluding carboxylic acids is 2. The second-order valence-electron chi connectivity index (χ2n) is 16.8. The molecule has 0 atom stereocenters. The average Bonchev–Trinajstić information content (AvgIpc) is 3.78. The fraction of sp³-hybridized carbons (Fsp3) is 0.553. The number of aryl methyl sites for hydroxylation is 4. The standard InChI is InChI=1S/C47H67N7O3/c1-9-11-29-53-40-23-20-35(3)32-38(40)46(5,6)42(53)17-15-18-43-47(7,8)39-33-36(4)21-24-41(39)54(43)30-14-12-13-19-44(55)48-26-16-28-52-34-37(50-51-52)22-25-45(56)49-27-31-57-10-2/h15,17-18,20-21,23-24,32-34H,9-14,16,19,22,25-31H2,1-8H3,(H-,48,49,55,56)/p+1. The summed E-state index contributed by atoms with van der Waals surface area (Å²) < 4.78 is 9.55. The van der Waals surface area contributed by atoms with E-state index in [9.17, 15) is 9.59 Å². The molecule has 2 aliphatic rings. The summed E-state index contributed by atoms with van der Waals surface area (Å²) in [6.07, 6.45) is 16.2. The van der Waals surface area contributed by atoms with Crippen LogP contribution in [0.2, 0.25) is 0 Å². The highest BCUT2D eigenvalue weighted by molar-refractivity contribution is 6.03. The number of allylic oxidation sites excluding steroid dienone is 4. The highest BCUT2D eigenvalue weighted by atomic mass is 16.5. The Kier molecular flexibility index (Phi) is 15.4. The van der Waals surface area contributed by atoms with Gasteiger partial charge in [-0.15, -0.1) is 5.10 Å². The number of nitrogens with one attached hydrogen (secondary N) is 2. The molecule has 2 aliphatic heterocycles. The zero-order valence-electron chi connectivity index (χ0n) is 36.0. The van der Waals surface area contributed by atoms with Gasteiger partial charge in [0, 0.05) is 99.2 Å². The molecule has 0 saturated carbocycles. The smallest absolute Gasteiger partial charge is 0.220 e. The van der Waals surface area contributed by atoms with E-state index in [0.29, 0.717) is 52.1 Å². The Morgan fingerprint density at radius 3 is 2.35 bits per heavy atom. The normalized spacial score (nSPS) is 16.1. The zero-order valence-corrected chi connectivity index (χ0v) is 36.0. The lowest BCUT2D eigenvalue weighted by molar-refractivity contribution is -0.438. The Bertz CT molecular complexity index is 1940. The maximum Gasteiger partial charge on any atom is 0.220 e. The summed E-state index contributed by atoms with van der Waals surface area (Å²) in [4.78, 5) is 27.2. The number of unbranched alkanes of at least 4 members (excludes halogenated alkanes) is 3. The van der Waals surface area contributed by atoms with Crippen molar-refractivity contribution in [3.63, 3.8) is 0 Å². The summed E-state index contributed by atoms with van der Waals surface area (Å²) in [5.74, 6) is 0.0762. The van der Waals surface area contributed by atoms with Gasteiger partial charge in [-0.3, -0.25) is 14.3 Å². The topological polar surface area (TPSA) is 104 Å². The molecule has 3 aromatic rings. The van der Waals surface area contributed by atoms with E-state index in [1.54, 1.807) is 4.68 Å². The largest absolute Gasteiger partial charge is 0.380 e. The Balaban J connectivity index is 1.12. The molecular formula is C47H68N7O3+. The Morgan fingerprint density at radius 2 is 1.58 bits per heavy atom. The van der Waals surface area contributed by atoms with E-state index in [0.717, 1.165) is 57.3 Å². The van der Waals surface area contributed by atoms with Crippen LogP contribution in [0.25, 0.3) is 0 Å². The molecule has 0 saturated heterocycles. The summed E-state index contributed by atoms with van der Waals surface area (Å²) in [5, 5.41) is 14.3. The van der Waals surface area contributed by atoms with Crippen LogP contribution in [0, 0.1) is 13.8 Å². The molecule has 3 heterocycles. The first-order valence-corrected chi connectivity index (χ1v) is 21.4. The number of carbonyl (C=O) groups is 2. The molecule has 0 radical (unpaired) electrons. The minimum atomic E-state index is -0.128. The van der Waals surface area contributed by atoms with Crippen molar-refractivity contribution in [1.82, 2.24) is 25.6 Å². The van der Waals surface area contributed by atoms with Crippen LogP contribution < -0.4 is 15.5 Å². The third kappa shape index (κ3) is 11.1. The molecule has 57 heavy (non-hydrogen) atoms. The van der Waals surface area contributed by atoms with E-state index in [1.165, 1.54) is 45.0 Å². The van der Waals surface area contributed by atoms with Crippen molar-refractivity contribution >= 4 is 28.9 Å². The molecule has 2 amide bonds. The number of hydrogen-bond donors (Lipinski definition) is 2. The van der Waals surface area contributed by atoms with Gasteiger partial charge in [-0.2, -0.15) is 4.58 Å². The lowest BCUT2D eigenvalue weighted by Gasteiger charge is -2.27. The van der Waals surface area contributed by atoms with Crippen LogP contribution in [0.5, 0.6) is 0 Å². The van der Waals surface area contributed by atoms with Crippen molar-refractivity contribution in [3.8, 4) is 0 Å². The summed E-state index contributed by atoms with van der Waals surface area (Å²) in [6.45, 7) is 22.9. The highest BCUT2D eigenvalue weighted by Gasteiger charge is 2.44. The number of ether oxygens (including phenoxy) is 1. The number of fused-ring (bicyclic) bond motifs is 2. The van der Waals surface area contributed by atoms with Crippen LogP contribution in [0.1, 0.15) is 121 Å². The molecular weight excluding hydrogens is 711 g/mol. The second-order valence-corrected chi connectivity index (χ2v) is 16.8. The number of amides is 2. The first-order chi connectivity index (χ1) is 27.4. The number of benzene rings is 2. The van der Waals surface area contributed by atoms with Gasteiger partial charge in [0.15, 0.2) is 5.71 Å². The number of nitrogens with zero attached hydrogens (tertiary/aromatic N) is 5. The van der Waals surface area contributed by atoms with Crippen LogP contribution in [0.15, 0.2) is 66.5 Å². The highest BCUT2D eigenvalue weighted by Crippen LogP contribution is 2.48. The van der Waals surface area contributed by atoms with Gasteiger partial charge < -0.3 is 20.3 Å². The number of aromatic nitrogens is 3. The van der Waals surface area contributed by atoms with Crippen LogP contribution in [-0.4, -0.2) is 76.5 Å². The van der Waals surface area contributed by atoms with Crippen molar-refractivity contribution in [2.75, 3.05) is 44.3 Å². The van der Waals surface area contributed by atoms with Crippen LogP contribution in [0.3, 0.4) is 0 Å². The van der Waals surface area contributed by atoms with Gasteiger partial charge in [0.05, 0.1) is 17.7 Å². The predicted molar refractivity (Wildman–Crippen MR) is 232 cm³/mol. The lowest BCUT2D eigenvalue weighted by atomic mass is 9.80. The Morgan fingerprint density at radius 1 is 0.842 bits per heavy atom.